The summed E-state index contributed by atoms with van der Waals surface area (Å²) < 4.78 is 5.05. The highest BCUT2D eigenvalue weighted by Crippen LogP contribution is 2.21. The fourth-order valence-electron chi connectivity index (χ4n) is 3.10. The van der Waals surface area contributed by atoms with Gasteiger partial charge in [0.1, 0.15) is 0 Å². The Hall–Kier alpha value is -1.99. The van der Waals surface area contributed by atoms with Crippen LogP contribution in [0.5, 0.6) is 0 Å². The number of hydrogen-bond donors (Lipinski definition) is 1. The van der Waals surface area contributed by atoms with Gasteiger partial charge in [-0.1, -0.05) is 18.9 Å². The van der Waals surface area contributed by atoms with Gasteiger partial charge in [0.15, 0.2) is 6.61 Å². The predicted octanol–water partition coefficient (Wildman–Crippen LogP) is 4.54. The summed E-state index contributed by atoms with van der Waals surface area (Å²) in [6.07, 6.45) is 5.07. The molecule has 1 aromatic heterocycles. The minimum Gasteiger partial charge on any atom is -0.455 e. The number of nitrogens with one attached hydrogen (secondary N) is 1. The maximum atomic E-state index is 12.0. The molecule has 0 unspecified atom stereocenters. The molecule has 0 aliphatic carbocycles. The van der Waals surface area contributed by atoms with Gasteiger partial charge in [-0.05, 0) is 48.6 Å². The highest BCUT2D eigenvalue weighted by atomic mass is 32.2. The predicted molar refractivity (Wildman–Crippen MR) is 117 cm³/mol. The maximum absolute atomic E-state index is 12.0. The summed E-state index contributed by atoms with van der Waals surface area (Å²) in [4.78, 5) is 27.4. The van der Waals surface area contributed by atoms with E-state index < -0.39 is 0 Å². The zero-order valence-corrected chi connectivity index (χ0v) is 17.5. The molecule has 0 bridgehead atoms. The molecule has 1 saturated heterocycles. The van der Waals surface area contributed by atoms with Gasteiger partial charge in [0.2, 0.25) is 0 Å². The van der Waals surface area contributed by atoms with E-state index >= 15 is 0 Å². The van der Waals surface area contributed by atoms with Crippen LogP contribution in [-0.2, 0) is 20.1 Å². The molecule has 28 heavy (non-hydrogen) atoms. The second kappa shape index (κ2) is 11.1. The van der Waals surface area contributed by atoms with Crippen molar-refractivity contribution in [3.63, 3.8) is 0 Å². The third-order valence-corrected chi connectivity index (χ3v) is 6.54. The fraction of sp³-hybridized carbons (Fsp3) is 0.429. The third kappa shape index (κ3) is 6.87. The SMILES string of the molecule is O=C(COC(=O)CSCc1cccs1)Nc1ccc(N2CCCCCC2)cc1. The second-order valence-corrected chi connectivity index (χ2v) is 8.75. The van der Waals surface area contributed by atoms with Gasteiger partial charge in [0.25, 0.3) is 5.91 Å². The minimum absolute atomic E-state index is 0.246. The van der Waals surface area contributed by atoms with Crippen molar-refractivity contribution in [1.29, 1.82) is 0 Å². The van der Waals surface area contributed by atoms with Crippen molar-refractivity contribution in [3.05, 3.63) is 46.7 Å². The van der Waals surface area contributed by atoms with Gasteiger partial charge < -0.3 is 15.0 Å². The average Bonchev–Trinajstić information content (AvgIpc) is 3.07. The molecule has 1 fully saturated rings. The van der Waals surface area contributed by atoms with E-state index in [4.69, 9.17) is 4.74 Å². The molecule has 3 rings (SSSR count). The summed E-state index contributed by atoms with van der Waals surface area (Å²) in [5.74, 6) is 0.338. The van der Waals surface area contributed by atoms with Crippen LogP contribution in [0.1, 0.15) is 30.6 Å². The molecule has 0 spiro atoms. The molecule has 1 aliphatic rings. The van der Waals surface area contributed by atoms with E-state index in [0.29, 0.717) is 5.69 Å². The Kier molecular flexibility index (Phi) is 8.23. The van der Waals surface area contributed by atoms with Crippen LogP contribution >= 0.6 is 23.1 Å². The molecular formula is C21H26N2O3S2. The van der Waals surface area contributed by atoms with Gasteiger partial charge in [-0.15, -0.1) is 23.1 Å². The van der Waals surface area contributed by atoms with Crippen molar-refractivity contribution >= 4 is 46.3 Å². The lowest BCUT2D eigenvalue weighted by Gasteiger charge is -2.22. The van der Waals surface area contributed by atoms with Gasteiger partial charge >= 0.3 is 5.97 Å². The molecule has 0 atom stereocenters. The zero-order chi connectivity index (χ0) is 19.6. The highest BCUT2D eigenvalue weighted by molar-refractivity contribution is 7.99. The molecule has 1 aromatic carbocycles. The Morgan fingerprint density at radius 1 is 1.07 bits per heavy atom. The average molecular weight is 419 g/mol. The number of thioether (sulfide) groups is 1. The van der Waals surface area contributed by atoms with Crippen molar-refractivity contribution in [2.45, 2.75) is 31.4 Å². The fourth-order valence-corrected chi connectivity index (χ4v) is 4.76. The standard InChI is InChI=1S/C21H26N2O3S2/c24-20(14-26-21(25)16-27-15-19-6-5-13-28-19)22-17-7-9-18(10-8-17)23-11-3-1-2-4-12-23/h5-10,13H,1-4,11-12,14-16H2,(H,22,24). The molecular weight excluding hydrogens is 392 g/mol. The molecule has 5 nitrogen and oxygen atoms in total. The smallest absolute Gasteiger partial charge is 0.316 e. The first-order chi connectivity index (χ1) is 13.7. The lowest BCUT2D eigenvalue weighted by molar-refractivity contribution is -0.144. The minimum atomic E-state index is -0.367. The summed E-state index contributed by atoms with van der Waals surface area (Å²) in [7, 11) is 0. The number of carbonyl (C=O) groups excluding carboxylic acids is 2. The monoisotopic (exact) mass is 418 g/mol. The van der Waals surface area contributed by atoms with Crippen molar-refractivity contribution < 1.29 is 14.3 Å². The van der Waals surface area contributed by atoms with E-state index in [1.54, 1.807) is 11.3 Å². The van der Waals surface area contributed by atoms with Gasteiger partial charge in [-0.3, -0.25) is 9.59 Å². The van der Waals surface area contributed by atoms with Crippen LogP contribution in [0.4, 0.5) is 11.4 Å². The molecule has 150 valence electrons. The van der Waals surface area contributed by atoms with E-state index in [0.717, 1.165) is 18.8 Å². The van der Waals surface area contributed by atoms with Crippen LogP contribution in [0.3, 0.4) is 0 Å². The first kappa shape index (κ1) is 20.7. The molecule has 1 aliphatic heterocycles. The van der Waals surface area contributed by atoms with Gasteiger partial charge in [0, 0.05) is 35.1 Å². The molecule has 2 aromatic rings. The van der Waals surface area contributed by atoms with E-state index in [9.17, 15) is 9.59 Å². The lowest BCUT2D eigenvalue weighted by atomic mass is 10.2. The Labute approximate surface area is 174 Å². The Morgan fingerprint density at radius 2 is 1.82 bits per heavy atom. The summed E-state index contributed by atoms with van der Waals surface area (Å²) >= 11 is 3.16. The van der Waals surface area contributed by atoms with Crippen LogP contribution in [0.25, 0.3) is 0 Å². The lowest BCUT2D eigenvalue weighted by Crippen LogP contribution is -2.24. The first-order valence-electron chi connectivity index (χ1n) is 9.61. The largest absolute Gasteiger partial charge is 0.455 e. The summed E-state index contributed by atoms with van der Waals surface area (Å²) in [6.45, 7) is 1.92. The molecule has 0 saturated carbocycles. The highest BCUT2D eigenvalue weighted by Gasteiger charge is 2.11. The molecule has 0 radical (unpaired) electrons. The number of ether oxygens (including phenoxy) is 1. The van der Waals surface area contributed by atoms with E-state index in [2.05, 4.69) is 10.2 Å². The van der Waals surface area contributed by atoms with Crippen LogP contribution < -0.4 is 10.2 Å². The first-order valence-corrected chi connectivity index (χ1v) is 11.6. The third-order valence-electron chi connectivity index (χ3n) is 4.53. The molecule has 2 heterocycles. The summed E-state index contributed by atoms with van der Waals surface area (Å²) in [5.41, 5.74) is 1.90. The normalized spacial score (nSPS) is 14.4. The number of hydrogen-bond acceptors (Lipinski definition) is 6. The van der Waals surface area contributed by atoms with Gasteiger partial charge in [-0.2, -0.15) is 0 Å². The Morgan fingerprint density at radius 3 is 2.50 bits per heavy atom. The van der Waals surface area contributed by atoms with Crippen LogP contribution in [-0.4, -0.2) is 37.3 Å². The van der Waals surface area contributed by atoms with Crippen molar-refractivity contribution in [2.75, 3.05) is 35.7 Å². The molecule has 7 heteroatoms. The molecule has 1 amide bonds. The van der Waals surface area contributed by atoms with Crippen LogP contribution in [0.2, 0.25) is 0 Å². The van der Waals surface area contributed by atoms with Crippen molar-refractivity contribution in [3.8, 4) is 0 Å². The number of amides is 1. The summed E-state index contributed by atoms with van der Waals surface area (Å²) in [6, 6.07) is 11.9. The number of carbonyl (C=O) groups is 2. The van der Waals surface area contributed by atoms with Crippen molar-refractivity contribution in [2.24, 2.45) is 0 Å². The quantitative estimate of drug-likeness (QED) is 0.638. The number of nitrogens with zero attached hydrogens (tertiary/aromatic N) is 1. The zero-order valence-electron chi connectivity index (χ0n) is 15.9. The van der Waals surface area contributed by atoms with Gasteiger partial charge in [-0.25, -0.2) is 0 Å². The van der Waals surface area contributed by atoms with E-state index in [1.165, 1.54) is 48.0 Å². The maximum Gasteiger partial charge on any atom is 0.316 e. The van der Waals surface area contributed by atoms with Crippen LogP contribution in [0.15, 0.2) is 41.8 Å². The van der Waals surface area contributed by atoms with E-state index in [1.807, 2.05) is 41.8 Å². The number of esters is 1. The van der Waals surface area contributed by atoms with Crippen LogP contribution in [0, 0.1) is 0 Å². The second-order valence-electron chi connectivity index (χ2n) is 6.73. The van der Waals surface area contributed by atoms with Gasteiger partial charge in [0.05, 0.1) is 5.75 Å². The number of benzene rings is 1. The topological polar surface area (TPSA) is 58.6 Å². The number of thiophene rings is 1. The van der Waals surface area contributed by atoms with Crippen molar-refractivity contribution in [1.82, 2.24) is 0 Å². The Bertz CT molecular complexity index is 740. The number of anilines is 2. The Balaban J connectivity index is 1.36. The number of rotatable bonds is 8. The van der Waals surface area contributed by atoms with E-state index in [-0.39, 0.29) is 24.2 Å². The molecule has 1 N–H and O–H groups in total. The summed E-state index contributed by atoms with van der Waals surface area (Å²) in [5, 5.41) is 4.79.